The summed E-state index contributed by atoms with van der Waals surface area (Å²) in [6.07, 6.45) is 0. The number of likely N-dealkylation sites (N-methyl/N-ethyl adjacent to an activating group) is 2. The Morgan fingerprint density at radius 2 is 1.00 bits per heavy atom. The van der Waals surface area contributed by atoms with E-state index in [4.69, 9.17) is 9.31 Å². The summed E-state index contributed by atoms with van der Waals surface area (Å²) in [6, 6.07) is 15.2. The molecule has 3 aliphatic heterocycles. The van der Waals surface area contributed by atoms with Crippen LogP contribution in [-0.4, -0.2) is 116 Å². The molecule has 0 bridgehead atoms. The Morgan fingerprint density at radius 1 is 0.650 bits per heavy atom. The number of nitrogens with zero attached hydrogens (tertiary/aromatic N) is 4. The Kier molecular flexibility index (Phi) is 9.78. The third-order valence-corrected chi connectivity index (χ3v) is 8.88. The molecule has 0 spiro atoms. The largest absolute Gasteiger partial charge is 0.494 e. The van der Waals surface area contributed by atoms with E-state index in [2.05, 4.69) is 39.8 Å². The first-order valence-electron chi connectivity index (χ1n) is 14.0. The molecule has 40 heavy (non-hydrogen) atoms. The molecule has 0 N–H and O–H groups in total. The van der Waals surface area contributed by atoms with Crippen molar-refractivity contribution in [2.24, 2.45) is 0 Å². The van der Waals surface area contributed by atoms with Crippen LogP contribution in [-0.2, 0) is 9.31 Å². The maximum Gasteiger partial charge on any atom is 0.494 e. The molecule has 3 saturated heterocycles. The molecule has 5 rings (SSSR count). The van der Waals surface area contributed by atoms with Gasteiger partial charge < -0.3 is 28.9 Å². The number of carbonyl (C=O) groups excluding carboxylic acids is 2. The average Bonchev–Trinajstić information content (AvgIpc) is 3.16. The molecule has 2 aromatic rings. The highest BCUT2D eigenvalue weighted by Crippen LogP contribution is 2.36. The minimum absolute atomic E-state index is 0.101. The van der Waals surface area contributed by atoms with Crippen LogP contribution < -0.4 is 5.46 Å². The first kappa shape index (κ1) is 30.7. The molecule has 2 aromatic carbocycles. The minimum atomic E-state index is -0.386. The van der Waals surface area contributed by atoms with E-state index in [1.54, 1.807) is 0 Å². The zero-order chi connectivity index (χ0) is 29.1. The number of carbonyl (C=O) groups is 2. The van der Waals surface area contributed by atoms with Gasteiger partial charge in [-0.1, -0.05) is 28.1 Å². The zero-order valence-corrected chi connectivity index (χ0v) is 26.2. The smallest absolute Gasteiger partial charge is 0.399 e. The predicted molar refractivity (Wildman–Crippen MR) is 163 cm³/mol. The topological polar surface area (TPSA) is 65.6 Å². The fourth-order valence-electron chi connectivity index (χ4n) is 4.74. The standard InChI is InChI=1S/C18H27BN2O3.C12H15BrN2O/c1-17(2)18(3,4)24-19(23-17)15-8-6-14(7-9-15)16(22)21-12-10-20(5)11-13-21;1-14-6-8-15(9-7-14)12(16)10-2-4-11(13)5-3-10/h6-9H,10-13H2,1-5H3;2-5H,6-9H2,1H3. The molecule has 10 heteroatoms. The molecule has 0 saturated carbocycles. The molecule has 0 unspecified atom stereocenters. The minimum Gasteiger partial charge on any atom is -0.399 e. The second-order valence-electron chi connectivity index (χ2n) is 11.9. The first-order valence-corrected chi connectivity index (χ1v) is 14.8. The van der Waals surface area contributed by atoms with Gasteiger partial charge in [-0.05, 0) is 83.7 Å². The van der Waals surface area contributed by atoms with E-state index < -0.39 is 0 Å². The Labute approximate surface area is 247 Å². The summed E-state index contributed by atoms with van der Waals surface area (Å²) in [5.74, 6) is 0.240. The average molecular weight is 613 g/mol. The number of hydrogen-bond acceptors (Lipinski definition) is 6. The van der Waals surface area contributed by atoms with Crippen molar-refractivity contribution < 1.29 is 18.9 Å². The van der Waals surface area contributed by atoms with E-state index in [0.717, 1.165) is 73.4 Å². The van der Waals surface area contributed by atoms with Gasteiger partial charge in [0.1, 0.15) is 0 Å². The van der Waals surface area contributed by atoms with Gasteiger partial charge in [0.2, 0.25) is 0 Å². The van der Waals surface area contributed by atoms with Crippen molar-refractivity contribution in [3.05, 3.63) is 64.1 Å². The van der Waals surface area contributed by atoms with Crippen LogP contribution in [0.2, 0.25) is 0 Å². The van der Waals surface area contributed by atoms with Crippen LogP contribution in [0.15, 0.2) is 53.0 Å². The molecule has 3 heterocycles. The summed E-state index contributed by atoms with van der Waals surface area (Å²) in [7, 11) is 3.78. The van der Waals surface area contributed by atoms with Crippen molar-refractivity contribution in [3.63, 3.8) is 0 Å². The van der Waals surface area contributed by atoms with Crippen LogP contribution in [0, 0.1) is 0 Å². The molecule has 3 aliphatic rings. The van der Waals surface area contributed by atoms with Crippen LogP contribution in [0.3, 0.4) is 0 Å². The maximum atomic E-state index is 12.6. The van der Waals surface area contributed by atoms with Crippen molar-refractivity contribution in [2.45, 2.75) is 38.9 Å². The monoisotopic (exact) mass is 612 g/mol. The van der Waals surface area contributed by atoms with Gasteiger partial charge in [-0.2, -0.15) is 0 Å². The van der Waals surface area contributed by atoms with Crippen molar-refractivity contribution in [1.82, 2.24) is 19.6 Å². The quantitative estimate of drug-likeness (QED) is 0.496. The lowest BCUT2D eigenvalue weighted by Crippen LogP contribution is -2.47. The number of amides is 2. The van der Waals surface area contributed by atoms with Crippen molar-refractivity contribution in [2.75, 3.05) is 66.5 Å². The van der Waals surface area contributed by atoms with Crippen molar-refractivity contribution in [1.29, 1.82) is 0 Å². The van der Waals surface area contributed by atoms with E-state index in [1.165, 1.54) is 0 Å². The van der Waals surface area contributed by atoms with Crippen molar-refractivity contribution >= 4 is 40.3 Å². The number of benzene rings is 2. The summed E-state index contributed by atoms with van der Waals surface area (Å²) in [6.45, 7) is 15.2. The van der Waals surface area contributed by atoms with Gasteiger partial charge in [-0.15, -0.1) is 0 Å². The molecule has 8 nitrogen and oxygen atoms in total. The fraction of sp³-hybridized carbons (Fsp3) is 0.533. The summed E-state index contributed by atoms with van der Waals surface area (Å²) in [5, 5.41) is 0. The molecule has 2 amide bonds. The van der Waals surface area contributed by atoms with Gasteiger partial charge in [0.05, 0.1) is 11.2 Å². The normalized spacial score (nSPS) is 21.1. The molecule has 3 fully saturated rings. The SMILES string of the molecule is CN1CCN(C(=O)c2ccc(B3OC(C)(C)C(C)(C)O3)cc2)CC1.CN1CCN(C(=O)c2ccc(Br)cc2)CC1. The van der Waals surface area contributed by atoms with E-state index >= 15 is 0 Å². The van der Waals surface area contributed by atoms with Crippen LogP contribution in [0.1, 0.15) is 48.4 Å². The van der Waals surface area contributed by atoms with E-state index in [-0.39, 0.29) is 30.1 Å². The van der Waals surface area contributed by atoms with Crippen LogP contribution in [0.5, 0.6) is 0 Å². The number of halogens is 1. The highest BCUT2D eigenvalue weighted by Gasteiger charge is 2.51. The van der Waals surface area contributed by atoms with Crippen LogP contribution >= 0.6 is 15.9 Å². The number of rotatable bonds is 3. The Bertz CT molecular complexity index is 1140. The van der Waals surface area contributed by atoms with Gasteiger partial charge in [0, 0.05) is 68.0 Å². The first-order chi connectivity index (χ1) is 18.9. The third kappa shape index (κ3) is 7.34. The molecule has 0 aromatic heterocycles. The van der Waals surface area contributed by atoms with E-state index in [0.29, 0.717) is 0 Å². The van der Waals surface area contributed by atoms with Gasteiger partial charge in [-0.3, -0.25) is 9.59 Å². The third-order valence-electron chi connectivity index (χ3n) is 8.36. The Balaban J connectivity index is 0.000000201. The Hall–Kier alpha value is -2.24. The summed E-state index contributed by atoms with van der Waals surface area (Å²) in [5.41, 5.74) is 1.73. The molecule has 0 aliphatic carbocycles. The molecule has 216 valence electrons. The van der Waals surface area contributed by atoms with Crippen LogP contribution in [0.25, 0.3) is 0 Å². The van der Waals surface area contributed by atoms with Gasteiger partial charge >= 0.3 is 7.12 Å². The zero-order valence-electron chi connectivity index (χ0n) is 24.7. The molecule has 0 atom stereocenters. The predicted octanol–water partition coefficient (Wildman–Crippen LogP) is 3.21. The fourth-order valence-corrected chi connectivity index (χ4v) is 5.00. The second kappa shape index (κ2) is 12.7. The summed E-state index contributed by atoms with van der Waals surface area (Å²) >= 11 is 3.37. The number of hydrogen-bond donors (Lipinski definition) is 0. The molecule has 0 radical (unpaired) electrons. The van der Waals surface area contributed by atoms with Crippen molar-refractivity contribution in [3.8, 4) is 0 Å². The Morgan fingerprint density at radius 3 is 1.38 bits per heavy atom. The number of piperazine rings is 2. The van der Waals surface area contributed by atoms with Gasteiger partial charge in [0.15, 0.2) is 0 Å². The lowest BCUT2D eigenvalue weighted by molar-refractivity contribution is 0.00578. The lowest BCUT2D eigenvalue weighted by Gasteiger charge is -2.32. The van der Waals surface area contributed by atoms with Gasteiger partial charge in [-0.25, -0.2) is 0 Å². The van der Waals surface area contributed by atoms with E-state index in [1.807, 2.05) is 86.0 Å². The van der Waals surface area contributed by atoms with Gasteiger partial charge in [0.25, 0.3) is 11.8 Å². The van der Waals surface area contributed by atoms with E-state index in [9.17, 15) is 9.59 Å². The summed E-state index contributed by atoms with van der Waals surface area (Å²) < 4.78 is 13.1. The highest BCUT2D eigenvalue weighted by atomic mass is 79.9. The highest BCUT2D eigenvalue weighted by molar-refractivity contribution is 9.10. The lowest BCUT2D eigenvalue weighted by atomic mass is 9.79. The second-order valence-corrected chi connectivity index (χ2v) is 12.8. The molecular weight excluding hydrogens is 571 g/mol. The summed E-state index contributed by atoms with van der Waals surface area (Å²) in [4.78, 5) is 33.0. The van der Waals surface area contributed by atoms with Crippen LogP contribution in [0.4, 0.5) is 0 Å². The molecular formula is C30H42BBrN4O4. The maximum absolute atomic E-state index is 12.6.